The van der Waals surface area contributed by atoms with Crippen molar-refractivity contribution in [2.45, 2.75) is 23.5 Å². The molecular weight excluding hydrogens is 248 g/mol. The Balaban J connectivity index is 2.58. The zero-order valence-corrected chi connectivity index (χ0v) is 9.94. The average molecular weight is 261 g/mol. The molecule has 13 heavy (non-hydrogen) atoms. The molecule has 1 rings (SSSR count). The topological polar surface area (TPSA) is 20.2 Å². The molecule has 1 aromatic carbocycles. The van der Waals surface area contributed by atoms with E-state index < -0.39 is 0 Å². The highest BCUT2D eigenvalue weighted by Gasteiger charge is 2.05. The molecule has 72 valence electrons. The largest absolute Gasteiger partial charge is 0.395 e. The highest BCUT2D eigenvalue weighted by molar-refractivity contribution is 9.10. The summed E-state index contributed by atoms with van der Waals surface area (Å²) in [5, 5.41) is 9.33. The van der Waals surface area contributed by atoms with Gasteiger partial charge in [0.25, 0.3) is 0 Å². The van der Waals surface area contributed by atoms with Crippen molar-refractivity contribution in [2.75, 3.05) is 6.61 Å². The van der Waals surface area contributed by atoms with Crippen molar-refractivity contribution in [1.29, 1.82) is 0 Å². The molecule has 0 bridgehead atoms. The van der Waals surface area contributed by atoms with Crippen LogP contribution in [0.2, 0.25) is 0 Å². The van der Waals surface area contributed by atoms with Crippen LogP contribution >= 0.6 is 27.7 Å². The molecule has 0 heterocycles. The zero-order chi connectivity index (χ0) is 9.68. The van der Waals surface area contributed by atoms with Crippen LogP contribution in [0.1, 0.15) is 13.3 Å². The van der Waals surface area contributed by atoms with E-state index in [1.165, 1.54) is 4.90 Å². The van der Waals surface area contributed by atoms with E-state index in [0.29, 0.717) is 5.25 Å². The normalized spacial score (nSPS) is 12.8. The lowest BCUT2D eigenvalue weighted by molar-refractivity contribution is 0.292. The fraction of sp³-hybridized carbons (Fsp3) is 0.400. The van der Waals surface area contributed by atoms with Crippen LogP contribution in [0.25, 0.3) is 0 Å². The number of aliphatic hydroxyl groups is 1. The summed E-state index contributed by atoms with van der Waals surface area (Å²) in [4.78, 5) is 1.21. The molecule has 0 aliphatic carbocycles. The van der Waals surface area contributed by atoms with Crippen LogP contribution in [0.3, 0.4) is 0 Å². The Morgan fingerprint density at radius 3 is 2.46 bits per heavy atom. The summed E-state index contributed by atoms with van der Waals surface area (Å²) in [6.45, 7) is 2.34. The van der Waals surface area contributed by atoms with E-state index in [0.717, 1.165) is 10.9 Å². The third-order valence-corrected chi connectivity index (χ3v) is 3.66. The van der Waals surface area contributed by atoms with Gasteiger partial charge >= 0.3 is 0 Å². The molecule has 3 heteroatoms. The second-order valence-electron chi connectivity index (χ2n) is 2.78. The van der Waals surface area contributed by atoms with Crippen molar-refractivity contribution in [3.63, 3.8) is 0 Å². The fourth-order valence-electron chi connectivity index (χ4n) is 0.955. The lowest BCUT2D eigenvalue weighted by Crippen LogP contribution is -2.05. The lowest BCUT2D eigenvalue weighted by Gasteiger charge is -2.10. The molecule has 0 aliphatic rings. The Morgan fingerprint density at radius 2 is 2.00 bits per heavy atom. The Labute approximate surface area is 91.7 Å². The van der Waals surface area contributed by atoms with E-state index in [-0.39, 0.29) is 6.61 Å². The van der Waals surface area contributed by atoms with E-state index >= 15 is 0 Å². The third kappa shape index (κ3) is 3.71. The van der Waals surface area contributed by atoms with Gasteiger partial charge in [0.05, 0.1) is 6.61 Å². The van der Waals surface area contributed by atoms with Crippen molar-refractivity contribution in [2.24, 2.45) is 0 Å². The van der Waals surface area contributed by atoms with Gasteiger partial charge in [0, 0.05) is 14.6 Å². The van der Waals surface area contributed by atoms with Gasteiger partial charge in [0.2, 0.25) is 0 Å². The van der Waals surface area contributed by atoms with Gasteiger partial charge in [-0.15, -0.1) is 11.8 Å². The van der Waals surface area contributed by atoms with Crippen molar-refractivity contribution in [3.8, 4) is 0 Å². The van der Waals surface area contributed by atoms with E-state index in [2.05, 4.69) is 35.0 Å². The summed E-state index contributed by atoms with van der Waals surface area (Å²) >= 11 is 5.11. The van der Waals surface area contributed by atoms with Gasteiger partial charge in [0.15, 0.2) is 0 Å². The van der Waals surface area contributed by atoms with Gasteiger partial charge < -0.3 is 5.11 Å². The van der Waals surface area contributed by atoms with Gasteiger partial charge in [-0.05, 0) is 30.7 Å². The van der Waals surface area contributed by atoms with Crippen LogP contribution in [0.5, 0.6) is 0 Å². The minimum Gasteiger partial charge on any atom is -0.395 e. The van der Waals surface area contributed by atoms with Crippen molar-refractivity contribution < 1.29 is 5.11 Å². The maximum absolute atomic E-state index is 9.01. The van der Waals surface area contributed by atoms with Gasteiger partial charge in [-0.1, -0.05) is 22.9 Å². The van der Waals surface area contributed by atoms with E-state index in [1.54, 1.807) is 11.8 Å². The number of hydrogen-bond acceptors (Lipinski definition) is 2. The lowest BCUT2D eigenvalue weighted by atomic mass is 10.3. The average Bonchev–Trinajstić information content (AvgIpc) is 2.17. The van der Waals surface area contributed by atoms with Gasteiger partial charge in [-0.25, -0.2) is 0 Å². The molecule has 0 aromatic heterocycles. The predicted molar refractivity (Wildman–Crippen MR) is 61.2 cm³/mol. The summed E-state index contributed by atoms with van der Waals surface area (Å²) in [6, 6.07) is 8.17. The third-order valence-electron chi connectivity index (χ3n) is 1.78. The van der Waals surface area contributed by atoms with E-state index in [9.17, 15) is 0 Å². The van der Waals surface area contributed by atoms with Crippen LogP contribution in [0.4, 0.5) is 0 Å². The standard InChI is InChI=1S/C10H13BrOS/c1-2-9(7-12)13-10-5-3-8(11)4-6-10/h3-6,9,12H,2,7H2,1H3. The first-order valence-electron chi connectivity index (χ1n) is 4.29. The number of hydrogen-bond donors (Lipinski definition) is 1. The fourth-order valence-corrected chi connectivity index (χ4v) is 2.14. The summed E-state index contributed by atoms with van der Waals surface area (Å²) in [7, 11) is 0. The predicted octanol–water partition coefficient (Wildman–Crippen LogP) is 3.31. The second kappa shape index (κ2) is 5.68. The molecule has 1 aromatic rings. The number of aliphatic hydroxyl groups excluding tert-OH is 1. The SMILES string of the molecule is CCC(CO)Sc1ccc(Br)cc1. The Hall–Kier alpha value is 0.01000. The summed E-state index contributed by atoms with van der Waals surface area (Å²) < 4.78 is 1.09. The number of thioether (sulfide) groups is 1. The smallest absolute Gasteiger partial charge is 0.0553 e. The molecule has 0 fully saturated rings. The molecule has 1 nitrogen and oxygen atoms in total. The Kier molecular flexibility index (Phi) is 4.84. The maximum atomic E-state index is 9.01. The number of halogens is 1. The van der Waals surface area contributed by atoms with Crippen molar-refractivity contribution in [1.82, 2.24) is 0 Å². The van der Waals surface area contributed by atoms with Gasteiger partial charge in [0.1, 0.15) is 0 Å². The molecule has 1 N–H and O–H groups in total. The minimum absolute atomic E-state index is 0.247. The van der Waals surface area contributed by atoms with Crippen molar-refractivity contribution in [3.05, 3.63) is 28.7 Å². The highest BCUT2D eigenvalue weighted by atomic mass is 79.9. The minimum atomic E-state index is 0.247. The van der Waals surface area contributed by atoms with E-state index in [1.807, 2.05) is 12.1 Å². The first kappa shape index (κ1) is 11.1. The quantitative estimate of drug-likeness (QED) is 0.839. The van der Waals surface area contributed by atoms with Crippen molar-refractivity contribution >= 4 is 27.7 Å². The molecule has 1 atom stereocenters. The molecule has 0 radical (unpaired) electrons. The van der Waals surface area contributed by atoms with Crippen LogP contribution in [-0.2, 0) is 0 Å². The molecule has 0 spiro atoms. The van der Waals surface area contributed by atoms with Crippen LogP contribution in [-0.4, -0.2) is 17.0 Å². The highest BCUT2D eigenvalue weighted by Crippen LogP contribution is 2.26. The monoisotopic (exact) mass is 260 g/mol. The molecule has 0 amide bonds. The van der Waals surface area contributed by atoms with Crippen LogP contribution in [0, 0.1) is 0 Å². The van der Waals surface area contributed by atoms with Gasteiger partial charge in [-0.3, -0.25) is 0 Å². The molecular formula is C10H13BrOS. The van der Waals surface area contributed by atoms with Crippen LogP contribution in [0.15, 0.2) is 33.6 Å². The number of rotatable bonds is 4. The van der Waals surface area contributed by atoms with Crippen LogP contribution < -0.4 is 0 Å². The zero-order valence-electron chi connectivity index (χ0n) is 7.53. The van der Waals surface area contributed by atoms with Gasteiger partial charge in [-0.2, -0.15) is 0 Å². The Bertz CT molecular complexity index is 244. The summed E-state index contributed by atoms with van der Waals surface area (Å²) in [5.74, 6) is 0. The molecule has 0 aliphatic heterocycles. The molecule has 0 saturated heterocycles. The first-order chi connectivity index (χ1) is 6.26. The molecule has 0 saturated carbocycles. The summed E-state index contributed by atoms with van der Waals surface area (Å²) in [5.41, 5.74) is 0. The first-order valence-corrected chi connectivity index (χ1v) is 5.96. The van der Waals surface area contributed by atoms with E-state index in [4.69, 9.17) is 5.11 Å². The number of benzene rings is 1. The molecule has 1 unspecified atom stereocenters. The summed E-state index contributed by atoms with van der Waals surface area (Å²) in [6.07, 6.45) is 0.997. The Morgan fingerprint density at radius 1 is 1.38 bits per heavy atom. The second-order valence-corrected chi connectivity index (χ2v) is 5.07. The maximum Gasteiger partial charge on any atom is 0.0553 e.